The van der Waals surface area contributed by atoms with Gasteiger partial charge in [-0.05, 0) is 67.0 Å². The summed E-state index contributed by atoms with van der Waals surface area (Å²) < 4.78 is 13.2. The molecule has 1 unspecified atom stereocenters. The Hall–Kier alpha value is -1.97. The van der Waals surface area contributed by atoms with E-state index in [1.54, 1.807) is 12.1 Å². The number of nitrogens with zero attached hydrogens (tertiary/aromatic N) is 1. The summed E-state index contributed by atoms with van der Waals surface area (Å²) in [5, 5.41) is 0. The van der Waals surface area contributed by atoms with Gasteiger partial charge in [0.15, 0.2) is 0 Å². The average molecular weight is 393 g/mol. The smallest absolute Gasteiger partial charge is 0.123 e. The van der Waals surface area contributed by atoms with Crippen LogP contribution in [0.1, 0.15) is 49.7 Å². The number of nitrogens with two attached hydrogens (primary N) is 1. The van der Waals surface area contributed by atoms with Crippen molar-refractivity contribution in [3.63, 3.8) is 0 Å². The summed E-state index contributed by atoms with van der Waals surface area (Å²) in [6.45, 7) is 3.83. The summed E-state index contributed by atoms with van der Waals surface area (Å²) >= 11 is 0. The van der Waals surface area contributed by atoms with E-state index in [-0.39, 0.29) is 11.2 Å². The Morgan fingerprint density at radius 2 is 1.72 bits per heavy atom. The van der Waals surface area contributed by atoms with Crippen molar-refractivity contribution >= 4 is 5.57 Å². The molecule has 1 atom stereocenters. The van der Waals surface area contributed by atoms with Gasteiger partial charge in [0.05, 0.1) is 0 Å². The zero-order chi connectivity index (χ0) is 20.1. The van der Waals surface area contributed by atoms with Gasteiger partial charge in [0.2, 0.25) is 0 Å². The zero-order valence-corrected chi connectivity index (χ0v) is 17.3. The van der Waals surface area contributed by atoms with Gasteiger partial charge in [0.25, 0.3) is 0 Å². The number of benzene rings is 2. The van der Waals surface area contributed by atoms with Gasteiger partial charge in [-0.3, -0.25) is 4.90 Å². The predicted molar refractivity (Wildman–Crippen MR) is 119 cm³/mol. The summed E-state index contributed by atoms with van der Waals surface area (Å²) in [5.74, 6) is 0.530. The first-order chi connectivity index (χ1) is 14.2. The van der Waals surface area contributed by atoms with E-state index in [0.717, 1.165) is 44.6 Å². The van der Waals surface area contributed by atoms with E-state index in [1.807, 2.05) is 12.1 Å². The third-order valence-electron chi connectivity index (χ3n) is 7.23. The van der Waals surface area contributed by atoms with Crippen LogP contribution in [0, 0.1) is 11.7 Å². The van der Waals surface area contributed by atoms with Crippen LogP contribution in [0.25, 0.3) is 5.57 Å². The third-order valence-corrected chi connectivity index (χ3v) is 7.23. The third kappa shape index (κ3) is 4.46. The van der Waals surface area contributed by atoms with Gasteiger partial charge in [-0.25, -0.2) is 4.39 Å². The molecular formula is C26H33FN2. The molecule has 0 spiro atoms. The van der Waals surface area contributed by atoms with Crippen LogP contribution < -0.4 is 5.73 Å². The van der Waals surface area contributed by atoms with Gasteiger partial charge in [-0.2, -0.15) is 0 Å². The molecule has 2 N–H and O–H groups in total. The second kappa shape index (κ2) is 9.23. The summed E-state index contributed by atoms with van der Waals surface area (Å²) in [6.07, 6.45) is 9.76. The van der Waals surface area contributed by atoms with Crippen molar-refractivity contribution in [2.75, 3.05) is 26.2 Å². The highest BCUT2D eigenvalue weighted by molar-refractivity contribution is 5.66. The Kier molecular flexibility index (Phi) is 6.46. The van der Waals surface area contributed by atoms with Crippen LogP contribution in [0.2, 0.25) is 0 Å². The maximum absolute atomic E-state index is 13.2. The Bertz CT molecular complexity index is 808. The fourth-order valence-electron chi connectivity index (χ4n) is 5.42. The Balaban J connectivity index is 1.45. The lowest BCUT2D eigenvalue weighted by Crippen LogP contribution is -2.44. The van der Waals surface area contributed by atoms with Crippen LogP contribution in [0.5, 0.6) is 0 Å². The van der Waals surface area contributed by atoms with Gasteiger partial charge in [0, 0.05) is 25.0 Å². The largest absolute Gasteiger partial charge is 0.330 e. The Morgan fingerprint density at radius 3 is 2.34 bits per heavy atom. The van der Waals surface area contributed by atoms with Crippen molar-refractivity contribution in [2.24, 2.45) is 11.7 Å². The number of hydrogen-bond acceptors (Lipinski definition) is 2. The Labute approximate surface area is 174 Å². The molecule has 0 radical (unpaired) electrons. The van der Waals surface area contributed by atoms with Gasteiger partial charge < -0.3 is 5.73 Å². The highest BCUT2D eigenvalue weighted by atomic mass is 19.1. The molecule has 1 fully saturated rings. The molecule has 3 heteroatoms. The average Bonchev–Trinajstić information content (AvgIpc) is 3.32. The van der Waals surface area contributed by atoms with Gasteiger partial charge in [-0.1, -0.05) is 61.4 Å². The molecule has 0 aromatic heterocycles. The lowest BCUT2D eigenvalue weighted by Gasteiger charge is -2.41. The molecule has 1 aliphatic carbocycles. The predicted octanol–water partition coefficient (Wildman–Crippen LogP) is 5.39. The van der Waals surface area contributed by atoms with Crippen molar-refractivity contribution in [1.29, 1.82) is 0 Å². The second-order valence-electron chi connectivity index (χ2n) is 8.74. The topological polar surface area (TPSA) is 29.3 Å². The van der Waals surface area contributed by atoms with Gasteiger partial charge in [-0.15, -0.1) is 0 Å². The van der Waals surface area contributed by atoms with Crippen molar-refractivity contribution in [3.05, 3.63) is 77.6 Å². The van der Waals surface area contributed by atoms with E-state index in [2.05, 4.69) is 41.3 Å². The van der Waals surface area contributed by atoms with E-state index in [9.17, 15) is 4.39 Å². The van der Waals surface area contributed by atoms with Gasteiger partial charge >= 0.3 is 0 Å². The monoisotopic (exact) mass is 392 g/mol. The first-order valence-electron chi connectivity index (χ1n) is 11.1. The minimum Gasteiger partial charge on any atom is -0.330 e. The van der Waals surface area contributed by atoms with E-state index < -0.39 is 0 Å². The van der Waals surface area contributed by atoms with Crippen LogP contribution >= 0.6 is 0 Å². The molecule has 2 aliphatic rings. The molecule has 2 aromatic carbocycles. The van der Waals surface area contributed by atoms with Crippen LogP contribution in [-0.4, -0.2) is 31.1 Å². The summed E-state index contributed by atoms with van der Waals surface area (Å²) in [4.78, 5) is 2.55. The molecule has 2 nitrogen and oxygen atoms in total. The van der Waals surface area contributed by atoms with Crippen LogP contribution in [0.3, 0.4) is 0 Å². The lowest BCUT2D eigenvalue weighted by atomic mass is 9.67. The van der Waals surface area contributed by atoms with Crippen molar-refractivity contribution < 1.29 is 4.39 Å². The first kappa shape index (κ1) is 20.3. The van der Waals surface area contributed by atoms with Crippen molar-refractivity contribution in [3.8, 4) is 0 Å². The number of halogens is 1. The lowest BCUT2D eigenvalue weighted by molar-refractivity contribution is 0.205. The quantitative estimate of drug-likeness (QED) is 0.684. The molecule has 154 valence electrons. The normalized spacial score (nSPS) is 20.4. The molecule has 0 saturated heterocycles. The summed E-state index contributed by atoms with van der Waals surface area (Å²) in [6, 6.07) is 17.9. The fourth-order valence-corrected chi connectivity index (χ4v) is 5.42. The molecule has 29 heavy (non-hydrogen) atoms. The molecular weight excluding hydrogens is 359 g/mol. The van der Waals surface area contributed by atoms with Gasteiger partial charge in [0.1, 0.15) is 5.82 Å². The molecule has 2 aromatic rings. The fraction of sp³-hybridized carbons (Fsp3) is 0.462. The minimum absolute atomic E-state index is 0.0959. The molecule has 0 bridgehead atoms. The maximum atomic E-state index is 13.2. The molecule has 0 amide bonds. The van der Waals surface area contributed by atoms with E-state index in [1.165, 1.54) is 36.8 Å². The Morgan fingerprint density at radius 1 is 1.00 bits per heavy atom. The second-order valence-corrected chi connectivity index (χ2v) is 8.74. The van der Waals surface area contributed by atoms with Crippen molar-refractivity contribution in [1.82, 2.24) is 4.90 Å². The molecule has 1 saturated carbocycles. The first-order valence-corrected chi connectivity index (χ1v) is 11.1. The minimum atomic E-state index is -0.169. The molecule has 4 rings (SSSR count). The maximum Gasteiger partial charge on any atom is 0.123 e. The molecule has 1 aliphatic heterocycles. The number of hydrogen-bond donors (Lipinski definition) is 1. The molecule has 1 heterocycles. The standard InChI is InChI=1S/C26H33FN2/c27-25-12-10-21(11-13-25)22-14-17-29(18-15-22)19-16-26(20-28,24-8-4-5-9-24)23-6-2-1-3-7-23/h1-3,6-7,10-14,24H,4-5,8-9,15-20,28H2. The summed E-state index contributed by atoms with van der Waals surface area (Å²) in [7, 11) is 0. The van der Waals surface area contributed by atoms with E-state index in [4.69, 9.17) is 5.73 Å². The van der Waals surface area contributed by atoms with Crippen LogP contribution in [0.15, 0.2) is 60.7 Å². The zero-order valence-electron chi connectivity index (χ0n) is 17.3. The highest BCUT2D eigenvalue weighted by Gasteiger charge is 2.40. The van der Waals surface area contributed by atoms with E-state index in [0.29, 0.717) is 5.92 Å². The van der Waals surface area contributed by atoms with E-state index >= 15 is 0 Å². The van der Waals surface area contributed by atoms with Crippen LogP contribution in [0.4, 0.5) is 4.39 Å². The van der Waals surface area contributed by atoms with Crippen molar-refractivity contribution in [2.45, 2.75) is 43.9 Å². The summed E-state index contributed by atoms with van der Waals surface area (Å²) in [5.41, 5.74) is 10.5. The van der Waals surface area contributed by atoms with Crippen LogP contribution in [-0.2, 0) is 5.41 Å². The SMILES string of the molecule is NCC(CCN1CC=C(c2ccc(F)cc2)CC1)(c1ccccc1)C1CCCC1. The highest BCUT2D eigenvalue weighted by Crippen LogP contribution is 2.44. The number of rotatable bonds is 7.